The second-order valence-corrected chi connectivity index (χ2v) is 6.50. The molecule has 0 amide bonds. The fraction of sp³-hybridized carbons (Fsp3) is 0.0714. The van der Waals surface area contributed by atoms with E-state index < -0.39 is 34.0 Å². The summed E-state index contributed by atoms with van der Waals surface area (Å²) in [6.07, 6.45) is 0. The average Bonchev–Trinajstić information content (AvgIpc) is 2.87. The van der Waals surface area contributed by atoms with Crippen molar-refractivity contribution in [2.24, 2.45) is 0 Å². The normalized spacial score (nSPS) is 11.9. The van der Waals surface area contributed by atoms with E-state index in [4.69, 9.17) is 4.42 Å². The van der Waals surface area contributed by atoms with Gasteiger partial charge in [0.15, 0.2) is 5.58 Å². The summed E-state index contributed by atoms with van der Waals surface area (Å²) >= 11 is 0. The molecule has 0 unspecified atom stereocenters. The fourth-order valence-corrected chi connectivity index (χ4v) is 3.05. The minimum atomic E-state index is -3.99. The molecule has 2 N–H and O–H groups in total. The summed E-state index contributed by atoms with van der Waals surface area (Å²) in [6.45, 7) is -0.416. The number of oxazole rings is 1. The standard InChI is InChI=1S/C14H10F2N2O4S/c15-9-1-3-11(16)8(5-9)7-17-23(20,21)10-2-4-12-13(6-10)22-14(19)18-12/h1-6,17H,7H2,(H,18,19). The first-order chi connectivity index (χ1) is 10.8. The van der Waals surface area contributed by atoms with E-state index in [0.29, 0.717) is 5.52 Å². The molecular weight excluding hydrogens is 330 g/mol. The van der Waals surface area contributed by atoms with Gasteiger partial charge in [-0.3, -0.25) is 4.98 Å². The largest absolute Gasteiger partial charge is 0.417 e. The Kier molecular flexibility index (Phi) is 3.74. The summed E-state index contributed by atoms with van der Waals surface area (Å²) in [4.78, 5) is 13.3. The van der Waals surface area contributed by atoms with Gasteiger partial charge in [0.05, 0.1) is 10.4 Å². The summed E-state index contributed by atoms with van der Waals surface area (Å²) in [5.74, 6) is -2.10. The number of fused-ring (bicyclic) bond motifs is 1. The molecule has 0 fully saturated rings. The van der Waals surface area contributed by atoms with Gasteiger partial charge in [0.25, 0.3) is 0 Å². The van der Waals surface area contributed by atoms with Crippen molar-refractivity contribution >= 4 is 21.1 Å². The molecule has 9 heteroatoms. The third-order valence-corrected chi connectivity index (χ3v) is 4.56. The van der Waals surface area contributed by atoms with Crippen LogP contribution in [-0.2, 0) is 16.6 Å². The summed E-state index contributed by atoms with van der Waals surface area (Å²) in [7, 11) is -3.99. The molecule has 0 radical (unpaired) electrons. The molecule has 2 aromatic carbocycles. The van der Waals surface area contributed by atoms with Gasteiger partial charge in [0, 0.05) is 18.2 Å². The first-order valence-corrected chi connectivity index (χ1v) is 7.90. The van der Waals surface area contributed by atoms with Crippen molar-refractivity contribution in [3.8, 4) is 0 Å². The van der Waals surface area contributed by atoms with Gasteiger partial charge in [-0.25, -0.2) is 26.7 Å². The van der Waals surface area contributed by atoms with Crippen LogP contribution < -0.4 is 10.5 Å². The van der Waals surface area contributed by atoms with Crippen LogP contribution in [0.5, 0.6) is 0 Å². The number of hydrogen-bond donors (Lipinski definition) is 2. The second kappa shape index (κ2) is 5.60. The molecule has 6 nitrogen and oxygen atoms in total. The highest BCUT2D eigenvalue weighted by Gasteiger charge is 2.17. The van der Waals surface area contributed by atoms with Crippen LogP contribution in [0.25, 0.3) is 11.1 Å². The van der Waals surface area contributed by atoms with Crippen LogP contribution in [0, 0.1) is 11.6 Å². The van der Waals surface area contributed by atoms with Gasteiger partial charge < -0.3 is 4.42 Å². The summed E-state index contributed by atoms with van der Waals surface area (Å²) < 4.78 is 57.9. The first kappa shape index (κ1) is 15.4. The number of rotatable bonds is 4. The van der Waals surface area contributed by atoms with Crippen molar-refractivity contribution in [3.63, 3.8) is 0 Å². The lowest BCUT2D eigenvalue weighted by molar-refractivity contribution is 0.552. The van der Waals surface area contributed by atoms with E-state index in [1.54, 1.807) is 0 Å². The molecule has 120 valence electrons. The summed E-state index contributed by atoms with van der Waals surface area (Å²) in [6, 6.07) is 6.56. The first-order valence-electron chi connectivity index (χ1n) is 6.42. The molecule has 1 heterocycles. The molecule has 23 heavy (non-hydrogen) atoms. The third kappa shape index (κ3) is 3.15. The smallest absolute Gasteiger partial charge is 0.408 e. The molecule has 1 aromatic heterocycles. The molecule has 0 aliphatic carbocycles. The highest BCUT2D eigenvalue weighted by molar-refractivity contribution is 7.89. The number of sulfonamides is 1. The van der Waals surface area contributed by atoms with E-state index in [9.17, 15) is 22.0 Å². The third-order valence-electron chi connectivity index (χ3n) is 3.16. The molecule has 0 saturated carbocycles. The van der Waals surface area contributed by atoms with Crippen molar-refractivity contribution in [3.05, 3.63) is 64.1 Å². The van der Waals surface area contributed by atoms with Crippen molar-refractivity contribution in [1.82, 2.24) is 9.71 Å². The minimum absolute atomic E-state index is 0.0785. The van der Waals surface area contributed by atoms with Crippen LogP contribution in [0.3, 0.4) is 0 Å². The molecular formula is C14H10F2N2O4S. The lowest BCUT2D eigenvalue weighted by atomic mass is 10.2. The average molecular weight is 340 g/mol. The molecule has 0 saturated heterocycles. The van der Waals surface area contributed by atoms with E-state index in [2.05, 4.69) is 9.71 Å². The van der Waals surface area contributed by atoms with Gasteiger partial charge in [0.2, 0.25) is 10.0 Å². The molecule has 0 aliphatic heterocycles. The Balaban J connectivity index is 1.88. The predicted molar refractivity (Wildman–Crippen MR) is 77.2 cm³/mol. The van der Waals surface area contributed by atoms with E-state index in [-0.39, 0.29) is 16.0 Å². The van der Waals surface area contributed by atoms with Crippen LogP contribution in [0.1, 0.15) is 5.56 Å². The molecule has 3 aromatic rings. The zero-order valence-electron chi connectivity index (χ0n) is 11.5. The van der Waals surface area contributed by atoms with Crippen LogP contribution in [0.2, 0.25) is 0 Å². The van der Waals surface area contributed by atoms with Gasteiger partial charge in [-0.2, -0.15) is 0 Å². The van der Waals surface area contributed by atoms with Gasteiger partial charge in [-0.05, 0) is 30.3 Å². The Morgan fingerprint density at radius 2 is 1.91 bits per heavy atom. The Hall–Kier alpha value is -2.52. The van der Waals surface area contributed by atoms with E-state index in [0.717, 1.165) is 24.3 Å². The monoisotopic (exact) mass is 340 g/mol. The van der Waals surface area contributed by atoms with Crippen molar-refractivity contribution in [2.75, 3.05) is 0 Å². The quantitative estimate of drug-likeness (QED) is 0.758. The Labute approximate surface area is 128 Å². The van der Waals surface area contributed by atoms with Crippen molar-refractivity contribution in [1.29, 1.82) is 0 Å². The van der Waals surface area contributed by atoms with E-state index >= 15 is 0 Å². The SMILES string of the molecule is O=c1[nH]c2ccc(S(=O)(=O)NCc3cc(F)ccc3F)cc2o1. The molecule has 0 spiro atoms. The predicted octanol–water partition coefficient (Wildman–Crippen LogP) is 1.88. The highest BCUT2D eigenvalue weighted by atomic mass is 32.2. The Morgan fingerprint density at radius 3 is 2.70 bits per heavy atom. The van der Waals surface area contributed by atoms with Gasteiger partial charge in [-0.15, -0.1) is 0 Å². The van der Waals surface area contributed by atoms with Crippen molar-refractivity contribution in [2.45, 2.75) is 11.4 Å². The van der Waals surface area contributed by atoms with E-state index in [1.807, 2.05) is 0 Å². The molecule has 3 rings (SSSR count). The van der Waals surface area contributed by atoms with Crippen LogP contribution in [0.4, 0.5) is 8.78 Å². The molecule has 0 bridgehead atoms. The fourth-order valence-electron chi connectivity index (χ4n) is 2.03. The highest BCUT2D eigenvalue weighted by Crippen LogP contribution is 2.17. The number of nitrogens with one attached hydrogen (secondary N) is 2. The lowest BCUT2D eigenvalue weighted by Crippen LogP contribution is -2.23. The molecule has 0 atom stereocenters. The number of aromatic nitrogens is 1. The second-order valence-electron chi connectivity index (χ2n) is 4.73. The minimum Gasteiger partial charge on any atom is -0.408 e. The lowest BCUT2D eigenvalue weighted by Gasteiger charge is -2.07. The van der Waals surface area contributed by atoms with Crippen LogP contribution in [-0.4, -0.2) is 13.4 Å². The maximum Gasteiger partial charge on any atom is 0.417 e. The van der Waals surface area contributed by atoms with Crippen molar-refractivity contribution < 1.29 is 21.6 Å². The number of hydrogen-bond acceptors (Lipinski definition) is 4. The Bertz CT molecular complexity index is 1040. The summed E-state index contributed by atoms with van der Waals surface area (Å²) in [5.41, 5.74) is 0.308. The van der Waals surface area contributed by atoms with Crippen LogP contribution in [0.15, 0.2) is 50.5 Å². The maximum atomic E-state index is 13.5. The summed E-state index contributed by atoms with van der Waals surface area (Å²) in [5, 5.41) is 0. The van der Waals surface area contributed by atoms with Gasteiger partial charge in [0.1, 0.15) is 11.6 Å². The zero-order chi connectivity index (χ0) is 16.6. The zero-order valence-corrected chi connectivity index (χ0v) is 12.3. The van der Waals surface area contributed by atoms with Gasteiger partial charge >= 0.3 is 5.76 Å². The van der Waals surface area contributed by atoms with E-state index in [1.165, 1.54) is 12.1 Å². The number of H-pyrrole nitrogens is 1. The topological polar surface area (TPSA) is 92.2 Å². The number of benzene rings is 2. The van der Waals surface area contributed by atoms with Gasteiger partial charge in [-0.1, -0.05) is 0 Å². The Morgan fingerprint density at radius 1 is 1.13 bits per heavy atom. The maximum absolute atomic E-state index is 13.5. The number of halogens is 2. The molecule has 0 aliphatic rings. The number of aromatic amines is 1. The van der Waals surface area contributed by atoms with Crippen LogP contribution >= 0.6 is 0 Å².